The fraction of sp³-hybridized carbons (Fsp3) is 0.632. The van der Waals surface area contributed by atoms with Crippen molar-refractivity contribution < 1.29 is 41.6 Å². The van der Waals surface area contributed by atoms with Crippen LogP contribution in [0.1, 0.15) is 52.9 Å². The van der Waals surface area contributed by atoms with Crippen LogP contribution in [0.4, 0.5) is 0 Å². The standard InChI is InChI=1S/C19H30O9S.Ca.2H/c1-6-9-10-11-12-19(14(4)27-16(20)7-2,15(5)28-17(21)8-3)18(22)26-13-29(23,24)25;;;/h7-8,14-15H,2-3,6,9-13H2,1,4-5H3,(H,23,24,25);;;. The molecule has 0 aromatic rings. The topological polar surface area (TPSA) is 133 Å². The number of esters is 3. The molecule has 9 nitrogen and oxygen atoms in total. The van der Waals surface area contributed by atoms with Gasteiger partial charge < -0.3 is 14.2 Å². The van der Waals surface area contributed by atoms with Gasteiger partial charge in [-0.05, 0) is 20.3 Å². The molecule has 0 heterocycles. The molecule has 0 bridgehead atoms. The van der Waals surface area contributed by atoms with Crippen LogP contribution in [0.3, 0.4) is 0 Å². The Balaban J connectivity index is 0. The molecule has 30 heavy (non-hydrogen) atoms. The Labute approximate surface area is 207 Å². The van der Waals surface area contributed by atoms with Crippen LogP contribution in [0.2, 0.25) is 0 Å². The second-order valence-corrected chi connectivity index (χ2v) is 7.95. The van der Waals surface area contributed by atoms with Gasteiger partial charge in [-0.1, -0.05) is 45.8 Å². The van der Waals surface area contributed by atoms with Crippen LogP contribution in [0.5, 0.6) is 0 Å². The normalized spacial score (nSPS) is 14.8. The molecule has 170 valence electrons. The Morgan fingerprint density at radius 2 is 1.47 bits per heavy atom. The molecule has 0 rings (SSSR count). The first kappa shape index (κ1) is 31.2. The third-order valence-electron chi connectivity index (χ3n) is 4.53. The summed E-state index contributed by atoms with van der Waals surface area (Å²) in [6.07, 6.45) is 2.58. The predicted octanol–water partition coefficient (Wildman–Crippen LogP) is 1.65. The van der Waals surface area contributed by atoms with E-state index in [0.717, 1.165) is 31.4 Å². The third kappa shape index (κ3) is 10.4. The minimum absolute atomic E-state index is 0. The molecule has 0 aliphatic heterocycles. The molecule has 0 spiro atoms. The summed E-state index contributed by atoms with van der Waals surface area (Å²) in [7, 11) is -4.61. The number of hydrogen-bond donors (Lipinski definition) is 1. The zero-order valence-electron chi connectivity index (χ0n) is 17.1. The monoisotopic (exact) mass is 476 g/mol. The average molecular weight is 477 g/mol. The van der Waals surface area contributed by atoms with Crippen LogP contribution in [0, 0.1) is 5.41 Å². The van der Waals surface area contributed by atoms with Gasteiger partial charge >= 0.3 is 65.8 Å². The summed E-state index contributed by atoms with van der Waals surface area (Å²) in [4.78, 5) is 36.4. The van der Waals surface area contributed by atoms with Gasteiger partial charge in [-0.15, -0.1) is 0 Å². The van der Waals surface area contributed by atoms with E-state index in [0.29, 0.717) is 6.42 Å². The summed E-state index contributed by atoms with van der Waals surface area (Å²) in [5.74, 6) is -4.01. The summed E-state index contributed by atoms with van der Waals surface area (Å²) in [6.45, 7) is 11.4. The van der Waals surface area contributed by atoms with Crippen molar-refractivity contribution in [1.82, 2.24) is 0 Å². The Morgan fingerprint density at radius 3 is 1.83 bits per heavy atom. The zero-order chi connectivity index (χ0) is 22.7. The van der Waals surface area contributed by atoms with Crippen molar-refractivity contribution in [2.45, 2.75) is 65.1 Å². The van der Waals surface area contributed by atoms with Gasteiger partial charge in [0, 0.05) is 12.2 Å². The molecule has 0 aliphatic rings. The Kier molecular flexibility index (Phi) is 15.6. The van der Waals surface area contributed by atoms with Gasteiger partial charge in [-0.25, -0.2) is 9.59 Å². The molecule has 1 N–H and O–H groups in total. The van der Waals surface area contributed by atoms with E-state index in [-0.39, 0.29) is 44.2 Å². The summed E-state index contributed by atoms with van der Waals surface area (Å²) in [5.41, 5.74) is -1.71. The van der Waals surface area contributed by atoms with E-state index >= 15 is 0 Å². The van der Waals surface area contributed by atoms with Gasteiger partial charge in [0.15, 0.2) is 0 Å². The second kappa shape index (κ2) is 15.0. The molecule has 11 heteroatoms. The second-order valence-electron chi connectivity index (χ2n) is 6.55. The first-order valence-electron chi connectivity index (χ1n) is 9.23. The quantitative estimate of drug-likeness (QED) is 0.0992. The van der Waals surface area contributed by atoms with Crippen LogP contribution in [-0.4, -0.2) is 86.8 Å². The van der Waals surface area contributed by atoms with Crippen molar-refractivity contribution in [1.29, 1.82) is 0 Å². The van der Waals surface area contributed by atoms with Crippen molar-refractivity contribution in [3.8, 4) is 0 Å². The molecule has 2 unspecified atom stereocenters. The fourth-order valence-electron chi connectivity index (χ4n) is 2.93. The molecule has 0 aliphatic carbocycles. The van der Waals surface area contributed by atoms with E-state index in [2.05, 4.69) is 13.2 Å². The van der Waals surface area contributed by atoms with Crippen LogP contribution < -0.4 is 0 Å². The number of carbonyl (C=O) groups is 3. The Morgan fingerprint density at radius 1 is 1.00 bits per heavy atom. The van der Waals surface area contributed by atoms with E-state index in [4.69, 9.17) is 18.8 Å². The van der Waals surface area contributed by atoms with Crippen molar-refractivity contribution in [2.75, 3.05) is 5.94 Å². The van der Waals surface area contributed by atoms with Crippen LogP contribution >= 0.6 is 0 Å². The number of carbonyl (C=O) groups excluding carboxylic acids is 3. The molecule has 0 saturated heterocycles. The SMILES string of the molecule is C=CC(=O)OC(C)C(CCCCCC)(C(=O)OCS(=O)(=O)O)C(C)OC(=O)C=C.[CaH2]. The molecule has 0 fully saturated rings. The van der Waals surface area contributed by atoms with Crippen LogP contribution in [0.15, 0.2) is 25.3 Å². The van der Waals surface area contributed by atoms with Crippen molar-refractivity contribution >= 4 is 65.8 Å². The molecule has 0 radical (unpaired) electrons. The van der Waals surface area contributed by atoms with Gasteiger partial charge in [0.1, 0.15) is 17.6 Å². The van der Waals surface area contributed by atoms with E-state index in [1.807, 2.05) is 6.92 Å². The summed E-state index contributed by atoms with van der Waals surface area (Å²) in [5, 5.41) is 0. The maximum atomic E-state index is 13.0. The van der Waals surface area contributed by atoms with E-state index < -0.39 is 51.6 Å². The molecule has 0 aromatic heterocycles. The van der Waals surface area contributed by atoms with Crippen LogP contribution in [-0.2, 0) is 38.7 Å². The molecule has 0 amide bonds. The third-order valence-corrected chi connectivity index (χ3v) is 4.95. The molecule has 2 atom stereocenters. The molecule has 0 saturated carbocycles. The van der Waals surface area contributed by atoms with Crippen LogP contribution in [0.25, 0.3) is 0 Å². The van der Waals surface area contributed by atoms with Gasteiger partial charge in [-0.3, -0.25) is 9.35 Å². The van der Waals surface area contributed by atoms with E-state index in [1.165, 1.54) is 13.8 Å². The maximum absolute atomic E-state index is 13.0. The van der Waals surface area contributed by atoms with E-state index in [9.17, 15) is 22.8 Å². The summed E-state index contributed by atoms with van der Waals surface area (Å²) < 4.78 is 46.2. The Hall–Kier alpha value is -0.940. The Bertz CT molecular complexity index is 675. The predicted molar refractivity (Wildman–Crippen MR) is 114 cm³/mol. The number of rotatable bonds is 14. The molecule has 0 aromatic carbocycles. The first-order valence-corrected chi connectivity index (χ1v) is 10.8. The average Bonchev–Trinajstić information content (AvgIpc) is 2.65. The van der Waals surface area contributed by atoms with Crippen molar-refractivity contribution in [2.24, 2.45) is 5.41 Å². The fourth-order valence-corrected chi connectivity index (χ4v) is 3.19. The molecular formula is C19H32CaO9S. The summed E-state index contributed by atoms with van der Waals surface area (Å²) in [6, 6.07) is 0. The van der Waals surface area contributed by atoms with Gasteiger partial charge in [-0.2, -0.15) is 8.42 Å². The zero-order valence-corrected chi connectivity index (χ0v) is 17.9. The van der Waals surface area contributed by atoms with Crippen molar-refractivity contribution in [3.63, 3.8) is 0 Å². The van der Waals surface area contributed by atoms with Crippen molar-refractivity contribution in [3.05, 3.63) is 25.3 Å². The number of hydrogen-bond acceptors (Lipinski definition) is 8. The number of ether oxygens (including phenoxy) is 3. The van der Waals surface area contributed by atoms with Gasteiger partial charge in [0.2, 0.25) is 5.94 Å². The number of unbranched alkanes of at least 4 members (excludes halogenated alkanes) is 3. The minimum atomic E-state index is -4.61. The molecular weight excluding hydrogens is 444 g/mol. The van der Waals surface area contributed by atoms with E-state index in [1.54, 1.807) is 0 Å². The van der Waals surface area contributed by atoms with Gasteiger partial charge in [0.25, 0.3) is 0 Å². The summed E-state index contributed by atoms with van der Waals surface area (Å²) >= 11 is 0. The van der Waals surface area contributed by atoms with Gasteiger partial charge in [0.05, 0.1) is 0 Å². The first-order chi connectivity index (χ1) is 13.4.